The minimum atomic E-state index is -0.270. The predicted molar refractivity (Wildman–Crippen MR) is 103 cm³/mol. The highest BCUT2D eigenvalue weighted by Crippen LogP contribution is 2.49. The van der Waals surface area contributed by atoms with Gasteiger partial charge in [0.1, 0.15) is 18.2 Å². The van der Waals surface area contributed by atoms with Gasteiger partial charge in [0.25, 0.3) is 5.91 Å². The molecule has 142 valence electrons. The van der Waals surface area contributed by atoms with E-state index in [0.29, 0.717) is 23.8 Å². The molecule has 27 heavy (non-hydrogen) atoms. The summed E-state index contributed by atoms with van der Waals surface area (Å²) in [5.74, 6) is 2.44. The van der Waals surface area contributed by atoms with Crippen LogP contribution in [-0.4, -0.2) is 11.9 Å². The van der Waals surface area contributed by atoms with Crippen LogP contribution >= 0.6 is 0 Å². The van der Waals surface area contributed by atoms with Gasteiger partial charge in [-0.15, -0.1) is 0 Å². The molecule has 2 aliphatic rings. The lowest BCUT2D eigenvalue weighted by molar-refractivity contribution is 0.0910. The molecule has 2 aromatic carbocycles. The molecule has 0 heterocycles. The Balaban J connectivity index is 1.40. The molecule has 2 saturated carbocycles. The Morgan fingerprint density at radius 3 is 2.63 bits per heavy atom. The summed E-state index contributed by atoms with van der Waals surface area (Å²) in [4.78, 5) is 12.9. The lowest BCUT2D eigenvalue weighted by atomic mass is 9.84. The molecule has 2 bridgehead atoms. The second-order valence-corrected chi connectivity index (χ2v) is 8.01. The van der Waals surface area contributed by atoms with E-state index in [9.17, 15) is 9.18 Å². The Bertz CT molecular complexity index is 804. The molecule has 1 N–H and O–H groups in total. The van der Waals surface area contributed by atoms with Gasteiger partial charge in [0, 0.05) is 6.04 Å². The predicted octanol–water partition coefficient (Wildman–Crippen LogP) is 4.96. The van der Waals surface area contributed by atoms with Crippen LogP contribution < -0.4 is 10.1 Å². The highest BCUT2D eigenvalue weighted by Gasteiger charge is 2.42. The first-order valence-corrected chi connectivity index (χ1v) is 9.87. The zero-order chi connectivity index (χ0) is 18.8. The van der Waals surface area contributed by atoms with E-state index in [1.54, 1.807) is 24.3 Å². The first-order chi connectivity index (χ1) is 13.1. The monoisotopic (exact) mass is 367 g/mol. The molecule has 1 amide bonds. The van der Waals surface area contributed by atoms with E-state index in [-0.39, 0.29) is 17.8 Å². The largest absolute Gasteiger partial charge is 0.488 e. The van der Waals surface area contributed by atoms with E-state index in [1.165, 1.54) is 37.8 Å². The van der Waals surface area contributed by atoms with Crippen LogP contribution in [0, 0.1) is 23.6 Å². The number of ether oxygens (including phenoxy) is 1. The van der Waals surface area contributed by atoms with Crippen LogP contribution in [0.25, 0.3) is 0 Å². The van der Waals surface area contributed by atoms with Crippen LogP contribution in [-0.2, 0) is 6.61 Å². The minimum absolute atomic E-state index is 0.0834. The third-order valence-corrected chi connectivity index (χ3v) is 6.23. The summed E-state index contributed by atoms with van der Waals surface area (Å²) in [5.41, 5.74) is 1.41. The quantitative estimate of drug-likeness (QED) is 0.784. The maximum absolute atomic E-state index is 13.0. The van der Waals surface area contributed by atoms with Crippen LogP contribution in [0.3, 0.4) is 0 Å². The Morgan fingerprint density at radius 1 is 1.15 bits per heavy atom. The number of carbonyl (C=O) groups is 1. The lowest BCUT2D eigenvalue weighted by Gasteiger charge is -2.28. The summed E-state index contributed by atoms with van der Waals surface area (Å²) >= 11 is 0. The van der Waals surface area contributed by atoms with Gasteiger partial charge in [-0.2, -0.15) is 0 Å². The Morgan fingerprint density at radius 2 is 1.93 bits per heavy atom. The minimum Gasteiger partial charge on any atom is -0.488 e. The van der Waals surface area contributed by atoms with Gasteiger partial charge in [-0.1, -0.05) is 30.7 Å². The fraction of sp³-hybridized carbons (Fsp3) is 0.435. The smallest absolute Gasteiger partial charge is 0.255 e. The van der Waals surface area contributed by atoms with E-state index < -0.39 is 0 Å². The lowest BCUT2D eigenvalue weighted by Crippen LogP contribution is -2.40. The van der Waals surface area contributed by atoms with Gasteiger partial charge in [-0.05, 0) is 73.8 Å². The molecule has 2 fully saturated rings. The standard InChI is InChI=1S/C23H26FNO2/c1-15(21-13-17-6-9-18(21)12-17)25-23(26)20-4-2-3-5-22(20)27-14-16-7-10-19(24)11-8-16/h2-5,7-8,10-11,15,17-18,21H,6,9,12-14H2,1H3,(H,25,26)/t15-,17-,18-,21-/m0/s1. The molecule has 0 saturated heterocycles. The van der Waals surface area contributed by atoms with Crippen molar-refractivity contribution < 1.29 is 13.9 Å². The third kappa shape index (κ3) is 4.00. The maximum Gasteiger partial charge on any atom is 0.255 e. The van der Waals surface area contributed by atoms with Gasteiger partial charge in [-0.3, -0.25) is 4.79 Å². The molecule has 3 nitrogen and oxygen atoms in total. The van der Waals surface area contributed by atoms with E-state index >= 15 is 0 Å². The van der Waals surface area contributed by atoms with E-state index in [1.807, 2.05) is 12.1 Å². The second kappa shape index (κ2) is 7.71. The molecular weight excluding hydrogens is 341 g/mol. The highest BCUT2D eigenvalue weighted by atomic mass is 19.1. The van der Waals surface area contributed by atoms with Crippen molar-refractivity contribution in [3.05, 3.63) is 65.5 Å². The molecule has 2 aromatic rings. The number of amides is 1. The molecule has 0 unspecified atom stereocenters. The summed E-state index contributed by atoms with van der Waals surface area (Å²) in [7, 11) is 0. The van der Waals surface area contributed by atoms with Crippen molar-refractivity contribution in [2.24, 2.45) is 17.8 Å². The first kappa shape index (κ1) is 18.0. The number of hydrogen-bond donors (Lipinski definition) is 1. The average Bonchev–Trinajstić information content (AvgIpc) is 3.31. The van der Waals surface area contributed by atoms with Gasteiger partial charge >= 0.3 is 0 Å². The molecule has 4 heteroatoms. The second-order valence-electron chi connectivity index (χ2n) is 8.01. The molecule has 0 aliphatic heterocycles. The normalized spacial score (nSPS) is 24.6. The van der Waals surface area contributed by atoms with Crippen molar-refractivity contribution in [3.63, 3.8) is 0 Å². The number of rotatable bonds is 6. The van der Waals surface area contributed by atoms with E-state index in [4.69, 9.17) is 4.74 Å². The Kier molecular flexibility index (Phi) is 5.15. The van der Waals surface area contributed by atoms with Gasteiger partial charge in [0.05, 0.1) is 5.56 Å². The number of nitrogens with one attached hydrogen (secondary N) is 1. The summed E-state index contributed by atoms with van der Waals surface area (Å²) in [6, 6.07) is 13.7. The summed E-state index contributed by atoms with van der Waals surface area (Å²) in [6.07, 6.45) is 5.26. The van der Waals surface area contributed by atoms with Gasteiger partial charge in [0.15, 0.2) is 0 Å². The topological polar surface area (TPSA) is 38.3 Å². The highest BCUT2D eigenvalue weighted by molar-refractivity contribution is 5.97. The molecule has 4 rings (SSSR count). The van der Waals surface area contributed by atoms with Crippen LogP contribution in [0.4, 0.5) is 4.39 Å². The van der Waals surface area contributed by atoms with Crippen molar-refractivity contribution in [1.29, 1.82) is 0 Å². The summed E-state index contributed by atoms with van der Waals surface area (Å²) in [5, 5.41) is 3.20. The number of fused-ring (bicyclic) bond motifs is 2. The molecular formula is C23H26FNO2. The van der Waals surface area contributed by atoms with Crippen molar-refractivity contribution in [3.8, 4) is 5.75 Å². The van der Waals surface area contributed by atoms with Crippen LogP contribution in [0.2, 0.25) is 0 Å². The summed E-state index contributed by atoms with van der Waals surface area (Å²) in [6.45, 7) is 2.43. The Hall–Kier alpha value is -2.36. The molecule has 4 atom stereocenters. The number of hydrogen-bond acceptors (Lipinski definition) is 2. The van der Waals surface area contributed by atoms with Crippen LogP contribution in [0.5, 0.6) is 5.75 Å². The van der Waals surface area contributed by atoms with Gasteiger partial charge in [-0.25, -0.2) is 4.39 Å². The zero-order valence-electron chi connectivity index (χ0n) is 15.7. The van der Waals surface area contributed by atoms with Crippen molar-refractivity contribution in [2.75, 3.05) is 0 Å². The molecule has 0 radical (unpaired) electrons. The fourth-order valence-electron chi connectivity index (χ4n) is 4.82. The van der Waals surface area contributed by atoms with Gasteiger partial charge in [0.2, 0.25) is 0 Å². The van der Waals surface area contributed by atoms with Crippen LogP contribution in [0.15, 0.2) is 48.5 Å². The fourth-order valence-corrected chi connectivity index (χ4v) is 4.82. The molecule has 0 aromatic heterocycles. The molecule has 2 aliphatic carbocycles. The van der Waals surface area contributed by atoms with E-state index in [0.717, 1.165) is 17.4 Å². The number of para-hydroxylation sites is 1. The number of benzene rings is 2. The van der Waals surface area contributed by atoms with Crippen LogP contribution in [0.1, 0.15) is 48.5 Å². The van der Waals surface area contributed by atoms with E-state index in [2.05, 4.69) is 12.2 Å². The maximum atomic E-state index is 13.0. The SMILES string of the molecule is C[C@H](NC(=O)c1ccccc1OCc1ccc(F)cc1)[C@@H]1C[C@H]2CC[C@H]1C2. The Labute approximate surface area is 159 Å². The van der Waals surface area contributed by atoms with Crippen molar-refractivity contribution in [2.45, 2.75) is 45.3 Å². The third-order valence-electron chi connectivity index (χ3n) is 6.23. The first-order valence-electron chi connectivity index (χ1n) is 9.87. The number of halogens is 1. The van der Waals surface area contributed by atoms with Gasteiger partial charge < -0.3 is 10.1 Å². The molecule has 0 spiro atoms. The summed E-state index contributed by atoms with van der Waals surface area (Å²) < 4.78 is 18.9. The zero-order valence-corrected chi connectivity index (χ0v) is 15.7. The number of carbonyl (C=O) groups excluding carboxylic acids is 1. The average molecular weight is 367 g/mol. The van der Waals surface area contributed by atoms with Crippen molar-refractivity contribution >= 4 is 5.91 Å². The van der Waals surface area contributed by atoms with Crippen molar-refractivity contribution in [1.82, 2.24) is 5.32 Å².